The molecule has 0 amide bonds. The molecule has 0 aromatic rings. The monoisotopic (exact) mass is 173 g/mol. The van der Waals surface area contributed by atoms with Gasteiger partial charge in [0, 0.05) is 0 Å². The first kappa shape index (κ1) is 10.9. The van der Waals surface area contributed by atoms with E-state index in [0.29, 0.717) is 0 Å². The Hall–Kier alpha value is -1.06. The molecule has 0 unspecified atom stereocenters. The van der Waals surface area contributed by atoms with Gasteiger partial charge in [-0.05, 0) is 27.7 Å². The van der Waals surface area contributed by atoms with Crippen LogP contribution in [0.3, 0.4) is 0 Å². The first-order valence-corrected chi connectivity index (χ1v) is 3.89. The van der Waals surface area contributed by atoms with Gasteiger partial charge in [-0.1, -0.05) is 0 Å². The maximum Gasteiger partial charge on any atom is 0.393 e. The Bertz CT molecular complexity index is 155. The predicted octanol–water partition coefficient (Wildman–Crippen LogP) is 1.34. The molecule has 0 rings (SSSR count). The lowest BCUT2D eigenvalue weighted by atomic mass is 10.4. The number of rotatable bonds is 2. The molecule has 0 fully saturated rings. The third kappa shape index (κ3) is 4.71. The molecule has 0 radical (unpaired) electrons. The van der Waals surface area contributed by atoms with Crippen molar-refractivity contribution in [2.45, 2.75) is 39.9 Å². The van der Waals surface area contributed by atoms with E-state index in [0.717, 1.165) is 0 Å². The molecule has 0 aromatic carbocycles. The first-order chi connectivity index (χ1) is 5.43. The quantitative estimate of drug-likeness (QED) is 0.389. The molecular formula is C8H15NO3. The average Bonchev–Trinajstić information content (AvgIpc) is 1.84. The van der Waals surface area contributed by atoms with Crippen LogP contribution in [0, 0.1) is 5.41 Å². The van der Waals surface area contributed by atoms with Gasteiger partial charge in [-0.15, -0.1) is 0 Å². The van der Waals surface area contributed by atoms with Gasteiger partial charge in [-0.3, -0.25) is 5.41 Å². The lowest BCUT2D eigenvalue weighted by Crippen LogP contribution is -2.25. The molecule has 0 bridgehead atoms. The predicted molar refractivity (Wildman–Crippen MR) is 45.2 cm³/mol. The number of hydrogen-bond donors (Lipinski definition) is 1. The van der Waals surface area contributed by atoms with E-state index < -0.39 is 11.9 Å². The average molecular weight is 173 g/mol. The van der Waals surface area contributed by atoms with E-state index in [2.05, 4.69) is 0 Å². The van der Waals surface area contributed by atoms with Gasteiger partial charge in [0.15, 0.2) is 0 Å². The van der Waals surface area contributed by atoms with Crippen molar-refractivity contribution in [3.63, 3.8) is 0 Å². The Morgan fingerprint density at radius 1 is 1.08 bits per heavy atom. The van der Waals surface area contributed by atoms with Crippen LogP contribution in [-0.2, 0) is 14.3 Å². The molecule has 0 saturated heterocycles. The van der Waals surface area contributed by atoms with E-state index in [9.17, 15) is 4.79 Å². The third-order valence-electron chi connectivity index (χ3n) is 0.882. The van der Waals surface area contributed by atoms with Gasteiger partial charge < -0.3 is 9.47 Å². The maximum atomic E-state index is 10.9. The lowest BCUT2D eigenvalue weighted by molar-refractivity contribution is -0.141. The fraction of sp³-hybridized carbons (Fsp3) is 0.750. The Kier molecular flexibility index (Phi) is 4.33. The smallest absolute Gasteiger partial charge is 0.393 e. The third-order valence-corrected chi connectivity index (χ3v) is 0.882. The normalized spacial score (nSPS) is 10.2. The summed E-state index contributed by atoms with van der Waals surface area (Å²) in [5.41, 5.74) is 0. The molecule has 0 spiro atoms. The van der Waals surface area contributed by atoms with E-state index in [1.807, 2.05) is 0 Å². The topological polar surface area (TPSA) is 59.4 Å². The van der Waals surface area contributed by atoms with Crippen molar-refractivity contribution in [3.8, 4) is 0 Å². The van der Waals surface area contributed by atoms with Crippen LogP contribution in [0.5, 0.6) is 0 Å². The van der Waals surface area contributed by atoms with Crippen molar-refractivity contribution < 1.29 is 14.3 Å². The molecule has 1 N–H and O–H groups in total. The zero-order valence-corrected chi connectivity index (χ0v) is 7.88. The minimum atomic E-state index is -0.710. The zero-order chi connectivity index (χ0) is 9.72. The molecule has 0 aliphatic rings. The van der Waals surface area contributed by atoms with E-state index in [4.69, 9.17) is 14.9 Å². The number of ether oxygens (including phenoxy) is 2. The Morgan fingerprint density at radius 3 is 1.83 bits per heavy atom. The van der Waals surface area contributed by atoms with Crippen LogP contribution in [-0.4, -0.2) is 24.1 Å². The van der Waals surface area contributed by atoms with Gasteiger partial charge in [-0.2, -0.15) is 0 Å². The van der Waals surface area contributed by atoms with Crippen LogP contribution < -0.4 is 0 Å². The number of esters is 1. The second-order valence-corrected chi connectivity index (χ2v) is 2.95. The Morgan fingerprint density at radius 2 is 1.50 bits per heavy atom. The molecule has 70 valence electrons. The van der Waals surface area contributed by atoms with Crippen LogP contribution in [0.15, 0.2) is 0 Å². The van der Waals surface area contributed by atoms with E-state index in [-0.39, 0.29) is 12.2 Å². The maximum absolute atomic E-state index is 10.9. The van der Waals surface area contributed by atoms with Crippen LogP contribution in [0.2, 0.25) is 0 Å². The van der Waals surface area contributed by atoms with Gasteiger partial charge >= 0.3 is 5.97 Å². The molecule has 0 atom stereocenters. The molecule has 0 aromatic heterocycles. The highest BCUT2D eigenvalue weighted by atomic mass is 16.6. The van der Waals surface area contributed by atoms with Crippen molar-refractivity contribution in [2.24, 2.45) is 0 Å². The second-order valence-electron chi connectivity index (χ2n) is 2.95. The van der Waals surface area contributed by atoms with Crippen molar-refractivity contribution in [3.05, 3.63) is 0 Å². The number of carbonyl (C=O) groups is 1. The van der Waals surface area contributed by atoms with Crippen molar-refractivity contribution in [2.75, 3.05) is 0 Å². The van der Waals surface area contributed by atoms with Crippen LogP contribution >= 0.6 is 0 Å². The summed E-state index contributed by atoms with van der Waals surface area (Å²) in [6, 6.07) is 0. The summed E-state index contributed by atoms with van der Waals surface area (Å²) in [5.74, 6) is -1.14. The van der Waals surface area contributed by atoms with E-state index >= 15 is 0 Å². The van der Waals surface area contributed by atoms with E-state index in [1.165, 1.54) is 0 Å². The summed E-state index contributed by atoms with van der Waals surface area (Å²) in [4.78, 5) is 10.9. The molecule has 0 saturated carbocycles. The van der Waals surface area contributed by atoms with Gasteiger partial charge in [0.1, 0.15) is 0 Å². The number of carbonyl (C=O) groups excluding carboxylic acids is 1. The first-order valence-electron chi connectivity index (χ1n) is 3.89. The van der Waals surface area contributed by atoms with Crippen molar-refractivity contribution in [1.29, 1.82) is 5.41 Å². The zero-order valence-electron chi connectivity index (χ0n) is 7.88. The van der Waals surface area contributed by atoms with Crippen LogP contribution in [0.25, 0.3) is 0 Å². The fourth-order valence-electron chi connectivity index (χ4n) is 0.551. The number of hydrogen-bond acceptors (Lipinski definition) is 4. The van der Waals surface area contributed by atoms with Gasteiger partial charge in [0.25, 0.3) is 5.90 Å². The highest BCUT2D eigenvalue weighted by molar-refractivity contribution is 6.31. The van der Waals surface area contributed by atoms with Gasteiger partial charge in [-0.25, -0.2) is 4.79 Å². The molecular weight excluding hydrogens is 158 g/mol. The Balaban J connectivity index is 3.86. The summed E-state index contributed by atoms with van der Waals surface area (Å²) in [7, 11) is 0. The molecule has 4 heteroatoms. The summed E-state index contributed by atoms with van der Waals surface area (Å²) in [5, 5.41) is 7.12. The minimum Gasteiger partial charge on any atom is -0.470 e. The molecule has 12 heavy (non-hydrogen) atoms. The van der Waals surface area contributed by atoms with Gasteiger partial charge in [0.05, 0.1) is 12.2 Å². The second kappa shape index (κ2) is 4.74. The molecule has 0 aliphatic heterocycles. The highest BCUT2D eigenvalue weighted by Gasteiger charge is 2.15. The minimum absolute atomic E-state index is 0.169. The van der Waals surface area contributed by atoms with Crippen molar-refractivity contribution >= 4 is 11.9 Å². The lowest BCUT2D eigenvalue weighted by Gasteiger charge is -2.11. The van der Waals surface area contributed by atoms with E-state index in [1.54, 1.807) is 27.7 Å². The summed E-state index contributed by atoms with van der Waals surface area (Å²) >= 11 is 0. The highest BCUT2D eigenvalue weighted by Crippen LogP contribution is 1.95. The largest absolute Gasteiger partial charge is 0.470 e. The SMILES string of the molecule is CC(C)OC(=N)C(=O)OC(C)C. The molecule has 4 nitrogen and oxygen atoms in total. The summed E-state index contributed by atoms with van der Waals surface area (Å²) in [6.45, 7) is 6.94. The van der Waals surface area contributed by atoms with Crippen LogP contribution in [0.1, 0.15) is 27.7 Å². The molecule has 0 aliphatic carbocycles. The van der Waals surface area contributed by atoms with Gasteiger partial charge in [0.2, 0.25) is 0 Å². The molecule has 0 heterocycles. The summed E-state index contributed by atoms with van der Waals surface area (Å²) < 4.78 is 9.55. The van der Waals surface area contributed by atoms with Crippen molar-refractivity contribution in [1.82, 2.24) is 0 Å². The fourth-order valence-corrected chi connectivity index (χ4v) is 0.551. The standard InChI is InChI=1S/C8H15NO3/c1-5(2)11-7(9)8(10)12-6(3)4/h5-6,9H,1-4H3. The van der Waals surface area contributed by atoms with Crippen LogP contribution in [0.4, 0.5) is 0 Å². The number of nitrogens with one attached hydrogen (secondary N) is 1. The summed E-state index contributed by atoms with van der Waals surface area (Å²) in [6.07, 6.45) is -0.383. The Labute approximate surface area is 72.4 Å².